The van der Waals surface area contributed by atoms with Crippen LogP contribution in [0.3, 0.4) is 0 Å². The van der Waals surface area contributed by atoms with Gasteiger partial charge in [0.1, 0.15) is 0 Å². The van der Waals surface area contributed by atoms with Crippen molar-refractivity contribution in [3.05, 3.63) is 35.4 Å². The average molecular weight is 230 g/mol. The fraction of sp³-hybridized carbons (Fsp3) is 0.625. The highest BCUT2D eigenvalue weighted by atomic mass is 16.3. The van der Waals surface area contributed by atoms with Gasteiger partial charge in [0.25, 0.3) is 0 Å². The van der Waals surface area contributed by atoms with E-state index < -0.39 is 0 Å². The maximum absolute atomic E-state index is 9.87. The highest BCUT2D eigenvalue weighted by Crippen LogP contribution is 2.57. The Morgan fingerprint density at radius 1 is 1.35 bits per heavy atom. The standard InChI is InChI=1S/C16H22O/c1-12-3-2-4-13(7-12)9-16(11-17)10-14-5-6-15(16)8-14/h2-4,7,14-15,17H,5-6,8-11H2,1H3. The van der Waals surface area contributed by atoms with Crippen molar-refractivity contribution in [3.63, 3.8) is 0 Å². The van der Waals surface area contributed by atoms with Crippen molar-refractivity contribution in [2.75, 3.05) is 6.61 Å². The Morgan fingerprint density at radius 2 is 2.24 bits per heavy atom. The van der Waals surface area contributed by atoms with E-state index >= 15 is 0 Å². The summed E-state index contributed by atoms with van der Waals surface area (Å²) in [7, 11) is 0. The second kappa shape index (κ2) is 4.13. The van der Waals surface area contributed by atoms with Crippen LogP contribution in [-0.4, -0.2) is 11.7 Å². The van der Waals surface area contributed by atoms with E-state index in [9.17, 15) is 5.11 Å². The molecule has 2 bridgehead atoms. The van der Waals surface area contributed by atoms with Crippen LogP contribution in [0.1, 0.15) is 36.8 Å². The summed E-state index contributed by atoms with van der Waals surface area (Å²) in [6.07, 6.45) is 6.44. The average Bonchev–Trinajstić information content (AvgIpc) is 2.89. The van der Waals surface area contributed by atoms with Gasteiger partial charge in [0, 0.05) is 12.0 Å². The highest BCUT2D eigenvalue weighted by Gasteiger charge is 2.50. The zero-order valence-electron chi connectivity index (χ0n) is 10.7. The molecule has 2 aliphatic carbocycles. The predicted molar refractivity (Wildman–Crippen MR) is 69.8 cm³/mol. The van der Waals surface area contributed by atoms with Crippen LogP contribution < -0.4 is 0 Å². The van der Waals surface area contributed by atoms with Crippen LogP contribution in [0, 0.1) is 24.2 Å². The van der Waals surface area contributed by atoms with E-state index in [1.54, 1.807) is 0 Å². The number of aryl methyl sites for hydroxylation is 1. The number of rotatable bonds is 3. The molecule has 3 unspecified atom stereocenters. The third kappa shape index (κ3) is 1.91. The normalized spacial score (nSPS) is 35.4. The lowest BCUT2D eigenvalue weighted by Gasteiger charge is -2.36. The molecule has 3 rings (SSSR count). The van der Waals surface area contributed by atoms with E-state index in [1.165, 1.54) is 36.8 Å². The smallest absolute Gasteiger partial charge is 0.0493 e. The van der Waals surface area contributed by atoms with Gasteiger partial charge in [-0.3, -0.25) is 0 Å². The van der Waals surface area contributed by atoms with E-state index in [-0.39, 0.29) is 5.41 Å². The summed E-state index contributed by atoms with van der Waals surface area (Å²) in [4.78, 5) is 0. The molecule has 2 saturated carbocycles. The highest BCUT2D eigenvalue weighted by molar-refractivity contribution is 5.24. The van der Waals surface area contributed by atoms with Gasteiger partial charge in [-0.25, -0.2) is 0 Å². The molecule has 0 saturated heterocycles. The van der Waals surface area contributed by atoms with Crippen LogP contribution in [-0.2, 0) is 6.42 Å². The molecular formula is C16H22O. The molecule has 0 aromatic heterocycles. The minimum Gasteiger partial charge on any atom is -0.396 e. The minimum absolute atomic E-state index is 0.205. The summed E-state index contributed by atoms with van der Waals surface area (Å²) in [5, 5.41) is 9.87. The molecule has 17 heavy (non-hydrogen) atoms. The van der Waals surface area contributed by atoms with Crippen LogP contribution in [0.15, 0.2) is 24.3 Å². The van der Waals surface area contributed by atoms with Gasteiger partial charge in [0.2, 0.25) is 0 Å². The fourth-order valence-electron chi connectivity index (χ4n) is 4.25. The van der Waals surface area contributed by atoms with Crippen LogP contribution >= 0.6 is 0 Å². The number of hydrogen-bond donors (Lipinski definition) is 1. The second-order valence-corrected chi connectivity index (χ2v) is 6.27. The summed E-state index contributed by atoms with van der Waals surface area (Å²) in [5.41, 5.74) is 2.95. The molecule has 92 valence electrons. The third-order valence-electron chi connectivity index (χ3n) is 5.06. The van der Waals surface area contributed by atoms with Gasteiger partial charge in [0.05, 0.1) is 0 Å². The molecule has 2 aliphatic rings. The van der Waals surface area contributed by atoms with Gasteiger partial charge in [-0.2, -0.15) is 0 Å². The Hall–Kier alpha value is -0.820. The number of fused-ring (bicyclic) bond motifs is 2. The number of aliphatic hydroxyl groups is 1. The van der Waals surface area contributed by atoms with Crippen LogP contribution in [0.25, 0.3) is 0 Å². The molecule has 1 aromatic rings. The van der Waals surface area contributed by atoms with E-state index in [1.807, 2.05) is 0 Å². The lowest BCUT2D eigenvalue weighted by Crippen LogP contribution is -2.34. The maximum Gasteiger partial charge on any atom is 0.0493 e. The topological polar surface area (TPSA) is 20.2 Å². The van der Waals surface area contributed by atoms with Crippen molar-refractivity contribution in [2.45, 2.75) is 39.0 Å². The molecule has 0 heterocycles. The predicted octanol–water partition coefficient (Wildman–Crippen LogP) is 3.34. The van der Waals surface area contributed by atoms with E-state index in [0.29, 0.717) is 6.61 Å². The number of hydrogen-bond acceptors (Lipinski definition) is 1. The molecule has 1 nitrogen and oxygen atoms in total. The molecule has 1 N–H and O–H groups in total. The molecule has 0 aliphatic heterocycles. The van der Waals surface area contributed by atoms with Gasteiger partial charge in [-0.15, -0.1) is 0 Å². The minimum atomic E-state index is 0.205. The summed E-state index contributed by atoms with van der Waals surface area (Å²) in [5.74, 6) is 1.68. The Bertz CT molecular complexity index is 412. The van der Waals surface area contributed by atoms with Crippen molar-refractivity contribution in [1.82, 2.24) is 0 Å². The van der Waals surface area contributed by atoms with Crippen LogP contribution in [0.5, 0.6) is 0 Å². The SMILES string of the molecule is Cc1cccc(CC2(CO)CC3CCC2C3)c1. The molecule has 1 heteroatoms. The van der Waals surface area contributed by atoms with Gasteiger partial charge < -0.3 is 5.11 Å². The number of aliphatic hydroxyl groups excluding tert-OH is 1. The largest absolute Gasteiger partial charge is 0.396 e. The Balaban J connectivity index is 1.83. The summed E-state index contributed by atoms with van der Waals surface area (Å²) in [6.45, 7) is 2.53. The first-order valence-corrected chi connectivity index (χ1v) is 6.88. The fourth-order valence-corrected chi connectivity index (χ4v) is 4.25. The van der Waals surface area contributed by atoms with Gasteiger partial charge in [0.15, 0.2) is 0 Å². The quantitative estimate of drug-likeness (QED) is 0.844. The summed E-state index contributed by atoms with van der Waals surface area (Å²) in [6, 6.07) is 8.79. The lowest BCUT2D eigenvalue weighted by atomic mass is 9.70. The van der Waals surface area contributed by atoms with Crippen LogP contribution in [0.4, 0.5) is 0 Å². The van der Waals surface area contributed by atoms with Crippen molar-refractivity contribution < 1.29 is 5.11 Å². The van der Waals surface area contributed by atoms with Crippen LogP contribution in [0.2, 0.25) is 0 Å². The molecule has 0 amide bonds. The van der Waals surface area contributed by atoms with Crippen molar-refractivity contribution in [3.8, 4) is 0 Å². The summed E-state index contributed by atoms with van der Waals surface area (Å²) < 4.78 is 0. The van der Waals surface area contributed by atoms with Crippen molar-refractivity contribution in [1.29, 1.82) is 0 Å². The van der Waals surface area contributed by atoms with Gasteiger partial charge >= 0.3 is 0 Å². The molecule has 3 atom stereocenters. The molecule has 0 spiro atoms. The third-order valence-corrected chi connectivity index (χ3v) is 5.06. The van der Waals surface area contributed by atoms with E-state index in [0.717, 1.165) is 18.3 Å². The number of benzene rings is 1. The zero-order chi connectivity index (χ0) is 11.9. The van der Waals surface area contributed by atoms with Crippen molar-refractivity contribution in [2.24, 2.45) is 17.3 Å². The maximum atomic E-state index is 9.87. The second-order valence-electron chi connectivity index (χ2n) is 6.27. The first-order valence-electron chi connectivity index (χ1n) is 6.88. The lowest BCUT2D eigenvalue weighted by molar-refractivity contribution is 0.0651. The first kappa shape index (κ1) is 11.3. The Labute approximate surface area is 104 Å². The first-order chi connectivity index (χ1) is 8.22. The molecule has 0 radical (unpaired) electrons. The Morgan fingerprint density at radius 3 is 2.82 bits per heavy atom. The molecular weight excluding hydrogens is 208 g/mol. The van der Waals surface area contributed by atoms with Gasteiger partial charge in [-0.1, -0.05) is 36.2 Å². The monoisotopic (exact) mass is 230 g/mol. The summed E-state index contributed by atoms with van der Waals surface area (Å²) >= 11 is 0. The van der Waals surface area contributed by atoms with E-state index in [4.69, 9.17) is 0 Å². The van der Waals surface area contributed by atoms with Gasteiger partial charge in [-0.05, 0) is 50.0 Å². The Kier molecular flexibility index (Phi) is 2.74. The molecule has 2 fully saturated rings. The molecule has 1 aromatic carbocycles. The van der Waals surface area contributed by atoms with E-state index in [2.05, 4.69) is 31.2 Å². The van der Waals surface area contributed by atoms with Crippen molar-refractivity contribution >= 4 is 0 Å². The zero-order valence-corrected chi connectivity index (χ0v) is 10.7.